The number of carbonyl (C=O) groups excluding carboxylic acids is 5. The lowest BCUT2D eigenvalue weighted by Crippen LogP contribution is -2.56. The standard InChI is InChI=1S/C32H53N9O7/c1-18(2)14-24(41-28(44)22(33)16-21-10-7-6-8-11-21)29(45)37-17-26(42)39-25(15-19(3)4)30(46)38-20(5)27(43)40-23(31(47)48)12-9-13-36-32(34)35/h6-8,10-11,18-20,22-25H,9,12-17,33H2,1-5H3,(H,37,45)(H,38,46)(H,39,42)(H,40,43)(H,41,44)(H,47,48)(H4,34,35,36)/t20-,22-,23-,24-,25-/m0/s1. The van der Waals surface area contributed by atoms with Gasteiger partial charge in [-0.05, 0) is 56.4 Å². The van der Waals surface area contributed by atoms with E-state index in [9.17, 15) is 33.9 Å². The van der Waals surface area contributed by atoms with Crippen molar-refractivity contribution in [2.75, 3.05) is 13.1 Å². The number of guanidine groups is 1. The van der Waals surface area contributed by atoms with Crippen LogP contribution in [-0.4, -0.2) is 89.9 Å². The number of benzene rings is 1. The highest BCUT2D eigenvalue weighted by Crippen LogP contribution is 2.08. The van der Waals surface area contributed by atoms with E-state index in [1.807, 2.05) is 58.0 Å². The molecule has 0 saturated carbocycles. The number of nitrogens with one attached hydrogen (secondary N) is 7. The number of carboxylic acid groups (broad SMARTS) is 1. The van der Waals surface area contributed by atoms with Gasteiger partial charge in [0.1, 0.15) is 24.2 Å². The highest BCUT2D eigenvalue weighted by Gasteiger charge is 2.29. The van der Waals surface area contributed by atoms with Crippen molar-refractivity contribution in [3.05, 3.63) is 35.9 Å². The minimum Gasteiger partial charge on any atom is -0.480 e. The third-order valence-corrected chi connectivity index (χ3v) is 7.11. The van der Waals surface area contributed by atoms with Gasteiger partial charge in [0.2, 0.25) is 29.5 Å². The van der Waals surface area contributed by atoms with Crippen LogP contribution in [0.15, 0.2) is 30.3 Å². The van der Waals surface area contributed by atoms with Gasteiger partial charge in [0.25, 0.3) is 0 Å². The Bertz CT molecular complexity index is 1240. The molecule has 12 N–H and O–H groups in total. The molecule has 0 aromatic heterocycles. The number of rotatable bonds is 21. The first-order valence-corrected chi connectivity index (χ1v) is 16.1. The molecule has 16 nitrogen and oxygen atoms in total. The Kier molecular flexibility index (Phi) is 18.2. The molecule has 0 aliphatic carbocycles. The number of amides is 5. The highest BCUT2D eigenvalue weighted by atomic mass is 16.4. The zero-order valence-corrected chi connectivity index (χ0v) is 28.4. The number of aliphatic carboxylic acids is 1. The lowest BCUT2D eigenvalue weighted by Gasteiger charge is -2.24. The van der Waals surface area contributed by atoms with Crippen LogP contribution in [0.5, 0.6) is 0 Å². The summed E-state index contributed by atoms with van der Waals surface area (Å²) in [6, 6.07) is 3.98. The first kappa shape index (κ1) is 41.3. The van der Waals surface area contributed by atoms with Crippen LogP contribution in [0.1, 0.15) is 65.9 Å². The van der Waals surface area contributed by atoms with Crippen LogP contribution in [0.2, 0.25) is 0 Å². The average molecular weight is 676 g/mol. The van der Waals surface area contributed by atoms with E-state index in [1.165, 1.54) is 6.92 Å². The Morgan fingerprint density at radius 1 is 0.750 bits per heavy atom. The van der Waals surface area contributed by atoms with Crippen LogP contribution in [0.3, 0.4) is 0 Å². The average Bonchev–Trinajstić information content (AvgIpc) is 3.00. The highest BCUT2D eigenvalue weighted by molar-refractivity contribution is 5.95. The normalized spacial score (nSPS) is 14.1. The molecule has 0 heterocycles. The summed E-state index contributed by atoms with van der Waals surface area (Å²) >= 11 is 0. The maximum Gasteiger partial charge on any atom is 0.326 e. The minimum absolute atomic E-state index is 0.0352. The SMILES string of the molecule is CC(C)C[C@H](NC(=O)CNC(=O)[C@H](CC(C)C)NC(=O)[C@@H](N)Cc1ccccc1)C(=O)N[C@@H](C)C(=O)N[C@@H](CCCNC(=N)N)C(=O)O. The van der Waals surface area contributed by atoms with E-state index >= 15 is 0 Å². The molecule has 1 rings (SSSR count). The molecule has 0 bridgehead atoms. The van der Waals surface area contributed by atoms with Crippen LogP contribution in [0.25, 0.3) is 0 Å². The zero-order chi connectivity index (χ0) is 36.4. The number of nitrogens with two attached hydrogens (primary N) is 2. The lowest BCUT2D eigenvalue weighted by atomic mass is 10.0. The van der Waals surface area contributed by atoms with Crippen molar-refractivity contribution in [1.29, 1.82) is 5.41 Å². The van der Waals surface area contributed by atoms with Crippen molar-refractivity contribution >= 4 is 41.5 Å². The molecule has 16 heteroatoms. The molecule has 0 aliphatic rings. The van der Waals surface area contributed by atoms with Gasteiger partial charge in [0.05, 0.1) is 12.6 Å². The smallest absolute Gasteiger partial charge is 0.326 e. The fourth-order valence-electron chi connectivity index (χ4n) is 4.64. The van der Waals surface area contributed by atoms with Crippen molar-refractivity contribution in [2.24, 2.45) is 23.3 Å². The van der Waals surface area contributed by atoms with E-state index in [1.54, 1.807) is 0 Å². The molecule has 0 saturated heterocycles. The lowest BCUT2D eigenvalue weighted by molar-refractivity contribution is -0.142. The van der Waals surface area contributed by atoms with E-state index < -0.39 is 72.3 Å². The van der Waals surface area contributed by atoms with Gasteiger partial charge in [-0.15, -0.1) is 0 Å². The maximum absolute atomic E-state index is 13.1. The molecular formula is C32H53N9O7. The topological polar surface area (TPSA) is 271 Å². The van der Waals surface area contributed by atoms with E-state index in [-0.39, 0.29) is 43.6 Å². The van der Waals surface area contributed by atoms with Crippen LogP contribution < -0.4 is 43.4 Å². The summed E-state index contributed by atoms with van der Waals surface area (Å²) in [7, 11) is 0. The first-order chi connectivity index (χ1) is 22.5. The van der Waals surface area contributed by atoms with Crippen molar-refractivity contribution < 1.29 is 33.9 Å². The predicted octanol–water partition coefficient (Wildman–Crippen LogP) is -0.928. The van der Waals surface area contributed by atoms with Gasteiger partial charge in [0, 0.05) is 6.54 Å². The van der Waals surface area contributed by atoms with Gasteiger partial charge >= 0.3 is 5.97 Å². The Balaban J connectivity index is 2.77. The van der Waals surface area contributed by atoms with Crippen LogP contribution in [-0.2, 0) is 35.2 Å². The molecule has 0 aliphatic heterocycles. The van der Waals surface area contributed by atoms with Crippen molar-refractivity contribution in [2.45, 2.75) is 96.9 Å². The van der Waals surface area contributed by atoms with E-state index in [0.717, 1.165) is 5.56 Å². The second-order valence-corrected chi connectivity index (χ2v) is 12.6. The molecule has 1 aromatic rings. The summed E-state index contributed by atoms with van der Waals surface area (Å²) in [4.78, 5) is 76.1. The van der Waals surface area contributed by atoms with Gasteiger partial charge < -0.3 is 48.5 Å². The Hall–Kier alpha value is -4.73. The van der Waals surface area contributed by atoms with Crippen LogP contribution >= 0.6 is 0 Å². The molecule has 0 radical (unpaired) electrons. The quantitative estimate of drug-likeness (QED) is 0.0434. The van der Waals surface area contributed by atoms with Gasteiger partial charge in [-0.2, -0.15) is 0 Å². The number of carbonyl (C=O) groups is 6. The number of carboxylic acids is 1. The van der Waals surface area contributed by atoms with Crippen LogP contribution in [0.4, 0.5) is 0 Å². The molecule has 48 heavy (non-hydrogen) atoms. The fraction of sp³-hybridized carbons (Fsp3) is 0.594. The van der Waals surface area contributed by atoms with Crippen LogP contribution in [0, 0.1) is 17.2 Å². The monoisotopic (exact) mass is 675 g/mol. The summed E-state index contributed by atoms with van der Waals surface area (Å²) in [5, 5.41) is 31.8. The predicted molar refractivity (Wildman–Crippen MR) is 180 cm³/mol. The fourth-order valence-corrected chi connectivity index (χ4v) is 4.64. The Morgan fingerprint density at radius 3 is 1.85 bits per heavy atom. The second-order valence-electron chi connectivity index (χ2n) is 12.6. The molecule has 5 amide bonds. The van der Waals surface area contributed by atoms with Gasteiger partial charge in [0.15, 0.2) is 5.96 Å². The number of hydrogen-bond acceptors (Lipinski definition) is 8. The molecule has 1 aromatic carbocycles. The number of hydrogen-bond donors (Lipinski definition) is 10. The third kappa shape index (κ3) is 16.7. The summed E-state index contributed by atoms with van der Waals surface area (Å²) in [5.74, 6) is -4.68. The van der Waals surface area contributed by atoms with E-state index in [2.05, 4.69) is 31.9 Å². The molecule has 0 fully saturated rings. The van der Waals surface area contributed by atoms with E-state index in [0.29, 0.717) is 12.8 Å². The largest absolute Gasteiger partial charge is 0.480 e. The Labute approximate surface area is 281 Å². The van der Waals surface area contributed by atoms with Gasteiger partial charge in [-0.3, -0.25) is 29.4 Å². The van der Waals surface area contributed by atoms with Crippen molar-refractivity contribution in [1.82, 2.24) is 31.9 Å². The van der Waals surface area contributed by atoms with Gasteiger partial charge in [-0.25, -0.2) is 4.79 Å². The minimum atomic E-state index is -1.26. The summed E-state index contributed by atoms with van der Waals surface area (Å²) in [6.07, 6.45) is 1.16. The zero-order valence-electron chi connectivity index (χ0n) is 28.4. The summed E-state index contributed by atoms with van der Waals surface area (Å²) < 4.78 is 0. The van der Waals surface area contributed by atoms with Crippen molar-refractivity contribution in [3.63, 3.8) is 0 Å². The molecule has 268 valence electrons. The van der Waals surface area contributed by atoms with Crippen molar-refractivity contribution in [3.8, 4) is 0 Å². The molecular weight excluding hydrogens is 622 g/mol. The van der Waals surface area contributed by atoms with E-state index in [4.69, 9.17) is 16.9 Å². The first-order valence-electron chi connectivity index (χ1n) is 16.1. The molecule has 0 spiro atoms. The molecule has 0 unspecified atom stereocenters. The maximum atomic E-state index is 13.1. The summed E-state index contributed by atoms with van der Waals surface area (Å²) in [5.41, 5.74) is 12.2. The second kappa shape index (κ2) is 21.2. The Morgan fingerprint density at radius 2 is 1.31 bits per heavy atom. The summed E-state index contributed by atoms with van der Waals surface area (Å²) in [6.45, 7) is 8.59. The molecule has 5 atom stereocenters. The van der Waals surface area contributed by atoms with Gasteiger partial charge in [-0.1, -0.05) is 58.0 Å². The third-order valence-electron chi connectivity index (χ3n) is 7.11.